The van der Waals surface area contributed by atoms with Crippen LogP contribution in [0.25, 0.3) is 0 Å². The highest BCUT2D eigenvalue weighted by atomic mass is 16.9. The van der Waals surface area contributed by atoms with Gasteiger partial charge in [-0.05, 0) is 52.0 Å². The highest BCUT2D eigenvalue weighted by molar-refractivity contribution is 5.78. The van der Waals surface area contributed by atoms with Crippen LogP contribution in [-0.2, 0) is 28.5 Å². The Labute approximate surface area is 157 Å². The summed E-state index contributed by atoms with van der Waals surface area (Å²) in [7, 11) is 1.57. The van der Waals surface area contributed by atoms with Gasteiger partial charge in [0, 0.05) is 0 Å². The summed E-state index contributed by atoms with van der Waals surface area (Å²) in [5.74, 6) is -1.25. The van der Waals surface area contributed by atoms with Crippen molar-refractivity contribution in [1.29, 1.82) is 0 Å². The Morgan fingerprint density at radius 2 is 1.41 bits per heavy atom. The number of hydrogen-bond acceptors (Lipinski definition) is 8. The van der Waals surface area contributed by atoms with Gasteiger partial charge in [0.1, 0.15) is 29.8 Å². The summed E-state index contributed by atoms with van der Waals surface area (Å²) in [6.07, 6.45) is -3.40. The van der Waals surface area contributed by atoms with Crippen LogP contribution in [0.3, 0.4) is 0 Å². The fourth-order valence-corrected chi connectivity index (χ4v) is 3.62. The fraction of sp³-hybridized carbons (Fsp3) is 0.632. The van der Waals surface area contributed by atoms with Gasteiger partial charge in [-0.3, -0.25) is 0 Å². The SMILES string of the molecule is COc1ccc(OC(=O)[C@@H]2O[C@H]3OC(C)(C)O[C@@H]3[C@H]3OC(C)(C)O[C@@H]32)cc1. The van der Waals surface area contributed by atoms with Gasteiger partial charge >= 0.3 is 5.97 Å². The summed E-state index contributed by atoms with van der Waals surface area (Å²) < 4.78 is 40.1. The number of fused-ring (bicyclic) bond motifs is 3. The number of esters is 1. The average molecular weight is 380 g/mol. The number of hydrogen-bond donors (Lipinski definition) is 0. The molecule has 4 rings (SSSR count). The summed E-state index contributed by atoms with van der Waals surface area (Å²) in [5.41, 5.74) is 0. The minimum Gasteiger partial charge on any atom is -0.497 e. The maximum absolute atomic E-state index is 12.8. The Morgan fingerprint density at radius 3 is 2.07 bits per heavy atom. The predicted octanol–water partition coefficient (Wildman–Crippen LogP) is 2.00. The second kappa shape index (κ2) is 6.42. The molecule has 3 saturated heterocycles. The lowest BCUT2D eigenvalue weighted by atomic mass is 9.99. The lowest BCUT2D eigenvalue weighted by Crippen LogP contribution is -2.58. The first-order chi connectivity index (χ1) is 12.7. The van der Waals surface area contributed by atoms with E-state index in [4.69, 9.17) is 33.2 Å². The zero-order valence-electron chi connectivity index (χ0n) is 16.0. The first kappa shape index (κ1) is 18.6. The Kier molecular flexibility index (Phi) is 4.44. The average Bonchev–Trinajstić information content (AvgIpc) is 3.08. The molecule has 0 N–H and O–H groups in total. The van der Waals surface area contributed by atoms with E-state index in [-0.39, 0.29) is 0 Å². The summed E-state index contributed by atoms with van der Waals surface area (Å²) in [5, 5.41) is 0. The molecule has 148 valence electrons. The first-order valence-corrected chi connectivity index (χ1v) is 8.90. The van der Waals surface area contributed by atoms with Gasteiger partial charge < -0.3 is 33.2 Å². The molecule has 0 bridgehead atoms. The quantitative estimate of drug-likeness (QED) is 0.582. The minimum absolute atomic E-state index is 0.380. The van der Waals surface area contributed by atoms with Crippen molar-refractivity contribution in [2.75, 3.05) is 7.11 Å². The summed E-state index contributed by atoms with van der Waals surface area (Å²) in [4.78, 5) is 12.8. The lowest BCUT2D eigenvalue weighted by molar-refractivity contribution is -0.236. The van der Waals surface area contributed by atoms with Crippen LogP contribution in [0.1, 0.15) is 27.7 Å². The van der Waals surface area contributed by atoms with Crippen LogP contribution in [0.5, 0.6) is 11.5 Å². The zero-order chi connectivity index (χ0) is 19.4. The lowest BCUT2D eigenvalue weighted by Gasteiger charge is -2.35. The maximum atomic E-state index is 12.8. The van der Waals surface area contributed by atoms with E-state index in [2.05, 4.69) is 0 Å². The summed E-state index contributed by atoms with van der Waals surface area (Å²) >= 11 is 0. The normalized spacial score (nSPS) is 36.0. The number of methoxy groups -OCH3 is 1. The van der Waals surface area contributed by atoms with E-state index < -0.39 is 48.2 Å². The van der Waals surface area contributed by atoms with E-state index in [0.29, 0.717) is 11.5 Å². The molecule has 0 saturated carbocycles. The van der Waals surface area contributed by atoms with Crippen molar-refractivity contribution in [1.82, 2.24) is 0 Å². The van der Waals surface area contributed by atoms with E-state index in [1.165, 1.54) is 0 Å². The van der Waals surface area contributed by atoms with E-state index in [0.717, 1.165) is 0 Å². The molecule has 3 heterocycles. The smallest absolute Gasteiger partial charge is 0.343 e. The van der Waals surface area contributed by atoms with Crippen LogP contribution >= 0.6 is 0 Å². The third kappa shape index (κ3) is 3.55. The standard InChI is InChI=1S/C19H24O8/c1-18(2)24-12-13(25-18)15-17(27-19(3,4)26-15)23-14(12)16(20)22-11-8-6-10(21-5)7-9-11/h6-9,12-15,17H,1-5H3/t12-,13-,14+,15+,17-/m0/s1. The highest BCUT2D eigenvalue weighted by Crippen LogP contribution is 2.44. The second-order valence-electron chi connectivity index (χ2n) is 7.69. The molecule has 3 aliphatic rings. The molecular weight excluding hydrogens is 356 g/mol. The predicted molar refractivity (Wildman–Crippen MR) is 91.2 cm³/mol. The van der Waals surface area contributed by atoms with Crippen molar-refractivity contribution < 1.29 is 38.0 Å². The molecule has 0 spiro atoms. The number of rotatable bonds is 3. The molecule has 1 aromatic carbocycles. The van der Waals surface area contributed by atoms with Gasteiger partial charge in [0.15, 0.2) is 24.0 Å². The molecular formula is C19H24O8. The fourth-order valence-electron chi connectivity index (χ4n) is 3.62. The van der Waals surface area contributed by atoms with E-state index in [9.17, 15) is 4.79 Å². The molecule has 5 atom stereocenters. The van der Waals surface area contributed by atoms with Gasteiger partial charge in [-0.25, -0.2) is 4.79 Å². The number of benzene rings is 1. The number of carbonyl (C=O) groups excluding carboxylic acids is 1. The Bertz CT molecular complexity index is 713. The van der Waals surface area contributed by atoms with Crippen molar-refractivity contribution in [3.63, 3.8) is 0 Å². The maximum Gasteiger partial charge on any atom is 0.343 e. The first-order valence-electron chi connectivity index (χ1n) is 8.90. The topological polar surface area (TPSA) is 81.7 Å². The molecule has 3 aliphatic heterocycles. The number of ether oxygens (including phenoxy) is 7. The van der Waals surface area contributed by atoms with Gasteiger partial charge in [0.05, 0.1) is 7.11 Å². The van der Waals surface area contributed by atoms with Gasteiger partial charge in [-0.2, -0.15) is 0 Å². The highest BCUT2D eigenvalue weighted by Gasteiger charge is 2.62. The third-order valence-electron chi connectivity index (χ3n) is 4.66. The van der Waals surface area contributed by atoms with Crippen LogP contribution in [0.2, 0.25) is 0 Å². The van der Waals surface area contributed by atoms with E-state index in [1.807, 2.05) is 0 Å². The Balaban J connectivity index is 1.55. The molecule has 27 heavy (non-hydrogen) atoms. The molecule has 3 fully saturated rings. The van der Waals surface area contributed by atoms with Gasteiger partial charge in [0.25, 0.3) is 0 Å². The van der Waals surface area contributed by atoms with Crippen molar-refractivity contribution in [2.24, 2.45) is 0 Å². The molecule has 8 heteroatoms. The van der Waals surface area contributed by atoms with Gasteiger partial charge in [-0.15, -0.1) is 0 Å². The van der Waals surface area contributed by atoms with Gasteiger partial charge in [0.2, 0.25) is 0 Å². The Morgan fingerprint density at radius 1 is 0.852 bits per heavy atom. The molecule has 0 radical (unpaired) electrons. The van der Waals surface area contributed by atoms with Crippen LogP contribution in [0.4, 0.5) is 0 Å². The van der Waals surface area contributed by atoms with Crippen LogP contribution in [-0.4, -0.2) is 55.4 Å². The molecule has 0 unspecified atom stereocenters. The van der Waals surface area contributed by atoms with Crippen molar-refractivity contribution >= 4 is 5.97 Å². The summed E-state index contributed by atoms with van der Waals surface area (Å²) in [6.45, 7) is 7.14. The second-order valence-corrected chi connectivity index (χ2v) is 7.69. The van der Waals surface area contributed by atoms with Crippen LogP contribution < -0.4 is 9.47 Å². The molecule has 0 aliphatic carbocycles. The molecule has 8 nitrogen and oxygen atoms in total. The third-order valence-corrected chi connectivity index (χ3v) is 4.66. The van der Waals surface area contributed by atoms with Gasteiger partial charge in [-0.1, -0.05) is 0 Å². The molecule has 0 aromatic heterocycles. The zero-order valence-corrected chi connectivity index (χ0v) is 16.0. The number of carbonyl (C=O) groups is 1. The van der Waals surface area contributed by atoms with Crippen molar-refractivity contribution in [3.05, 3.63) is 24.3 Å². The molecule has 0 amide bonds. The van der Waals surface area contributed by atoms with Crippen molar-refractivity contribution in [2.45, 2.75) is 70.0 Å². The minimum atomic E-state index is -1.00. The van der Waals surface area contributed by atoms with Crippen LogP contribution in [0.15, 0.2) is 24.3 Å². The van der Waals surface area contributed by atoms with Crippen molar-refractivity contribution in [3.8, 4) is 11.5 Å². The van der Waals surface area contributed by atoms with E-state index >= 15 is 0 Å². The Hall–Kier alpha value is -1.71. The summed E-state index contributed by atoms with van der Waals surface area (Å²) in [6, 6.07) is 6.71. The molecule has 1 aromatic rings. The van der Waals surface area contributed by atoms with E-state index in [1.54, 1.807) is 59.1 Å². The monoisotopic (exact) mass is 380 g/mol. The largest absolute Gasteiger partial charge is 0.497 e. The van der Waals surface area contributed by atoms with Crippen LogP contribution in [0, 0.1) is 0 Å².